The maximum Gasteiger partial charge on any atom is 0.193 e. The first kappa shape index (κ1) is 25.5. The molecule has 0 aromatic heterocycles. The number of guanidine groups is 1. The summed E-state index contributed by atoms with van der Waals surface area (Å²) in [7, 11) is 3.67. The average Bonchev–Trinajstić information content (AvgIpc) is 3.23. The molecule has 0 radical (unpaired) electrons. The molecule has 0 spiro atoms. The number of nitrogens with zero attached hydrogens (tertiary/aromatic N) is 3. The van der Waals surface area contributed by atoms with Crippen LogP contribution >= 0.6 is 35.7 Å². The molecule has 0 bridgehead atoms. The summed E-state index contributed by atoms with van der Waals surface area (Å²) in [5, 5.41) is 3.76. The zero-order valence-corrected chi connectivity index (χ0v) is 21.5. The zero-order valence-electron chi connectivity index (χ0n) is 18.4. The summed E-state index contributed by atoms with van der Waals surface area (Å²) in [4.78, 5) is 9.81. The number of aliphatic imine (C=N–C) groups is 1. The van der Waals surface area contributed by atoms with Crippen molar-refractivity contribution in [3.8, 4) is 0 Å². The van der Waals surface area contributed by atoms with Crippen molar-refractivity contribution in [3.05, 3.63) is 0 Å². The minimum atomic E-state index is 0. The number of rotatable bonds is 8. The van der Waals surface area contributed by atoms with Gasteiger partial charge in [-0.15, -0.1) is 24.0 Å². The van der Waals surface area contributed by atoms with E-state index in [9.17, 15) is 0 Å². The number of hydrogen-bond donors (Lipinski definition) is 1. The van der Waals surface area contributed by atoms with Gasteiger partial charge in [0.2, 0.25) is 0 Å². The fourth-order valence-corrected chi connectivity index (χ4v) is 5.84. The standard InChI is InChI=1S/C21H40N4O2S.HI/c1-22-20(24-10-6-19(7-11-24)27-15-5-14-26-2)23-18-21(8-3-4-9-21)25-12-16-28-17-13-25;/h19H,3-18H2,1-2H3,(H,22,23);1H. The smallest absolute Gasteiger partial charge is 0.193 e. The van der Waals surface area contributed by atoms with E-state index in [4.69, 9.17) is 9.47 Å². The molecule has 0 amide bonds. The fraction of sp³-hybridized carbons (Fsp3) is 0.952. The third-order valence-electron chi connectivity index (χ3n) is 6.59. The Hall–Kier alpha value is 0.230. The van der Waals surface area contributed by atoms with Crippen LogP contribution < -0.4 is 5.32 Å². The van der Waals surface area contributed by atoms with E-state index in [1.807, 2.05) is 7.05 Å². The first-order valence-corrected chi connectivity index (χ1v) is 12.3. The maximum atomic E-state index is 6.01. The van der Waals surface area contributed by atoms with Gasteiger partial charge in [-0.3, -0.25) is 9.89 Å². The van der Waals surface area contributed by atoms with E-state index in [1.54, 1.807) is 7.11 Å². The summed E-state index contributed by atoms with van der Waals surface area (Å²) in [6.07, 6.45) is 8.95. The Kier molecular flexibility index (Phi) is 12.0. The van der Waals surface area contributed by atoms with Gasteiger partial charge >= 0.3 is 0 Å². The van der Waals surface area contributed by atoms with Gasteiger partial charge in [-0.1, -0.05) is 12.8 Å². The van der Waals surface area contributed by atoms with Gasteiger partial charge < -0.3 is 19.7 Å². The van der Waals surface area contributed by atoms with Crippen molar-refractivity contribution < 1.29 is 9.47 Å². The predicted molar refractivity (Wildman–Crippen MR) is 134 cm³/mol. The summed E-state index contributed by atoms with van der Waals surface area (Å²) < 4.78 is 11.1. The predicted octanol–water partition coefficient (Wildman–Crippen LogP) is 3.06. The lowest BCUT2D eigenvalue weighted by Gasteiger charge is -2.44. The van der Waals surface area contributed by atoms with E-state index in [0.717, 1.165) is 58.1 Å². The lowest BCUT2D eigenvalue weighted by molar-refractivity contribution is 0.00971. The maximum absolute atomic E-state index is 6.01. The van der Waals surface area contributed by atoms with Gasteiger partial charge in [0.1, 0.15) is 0 Å². The monoisotopic (exact) mass is 540 g/mol. The number of nitrogens with one attached hydrogen (secondary N) is 1. The van der Waals surface area contributed by atoms with Gasteiger partial charge in [0.15, 0.2) is 5.96 Å². The molecule has 3 rings (SSSR count). The first-order valence-electron chi connectivity index (χ1n) is 11.2. The van der Waals surface area contributed by atoms with Crippen LogP contribution in [0.1, 0.15) is 44.9 Å². The normalized spacial score (nSPS) is 23.8. The van der Waals surface area contributed by atoms with Crippen molar-refractivity contribution in [1.82, 2.24) is 15.1 Å². The highest BCUT2D eigenvalue weighted by atomic mass is 127. The molecule has 2 heterocycles. The van der Waals surface area contributed by atoms with Crippen molar-refractivity contribution >= 4 is 41.7 Å². The van der Waals surface area contributed by atoms with Crippen LogP contribution in [0.4, 0.5) is 0 Å². The van der Waals surface area contributed by atoms with E-state index in [0.29, 0.717) is 11.6 Å². The summed E-state index contributed by atoms with van der Waals surface area (Å²) in [5.74, 6) is 3.65. The Morgan fingerprint density at radius 3 is 2.41 bits per heavy atom. The Morgan fingerprint density at radius 1 is 1.10 bits per heavy atom. The molecule has 1 saturated carbocycles. The van der Waals surface area contributed by atoms with Crippen LogP contribution in [-0.4, -0.2) is 99.0 Å². The van der Waals surface area contributed by atoms with Crippen LogP contribution in [0.5, 0.6) is 0 Å². The van der Waals surface area contributed by atoms with Gasteiger partial charge in [-0.25, -0.2) is 0 Å². The molecule has 1 aliphatic carbocycles. The van der Waals surface area contributed by atoms with Crippen LogP contribution in [0.3, 0.4) is 0 Å². The highest BCUT2D eigenvalue weighted by Gasteiger charge is 2.40. The molecule has 29 heavy (non-hydrogen) atoms. The molecular weight excluding hydrogens is 499 g/mol. The van der Waals surface area contributed by atoms with E-state index >= 15 is 0 Å². The second-order valence-corrected chi connectivity index (χ2v) is 9.56. The SMILES string of the molecule is CN=C(NCC1(N2CCSCC2)CCCC1)N1CCC(OCCCOC)CC1.I. The molecule has 2 aliphatic heterocycles. The van der Waals surface area contributed by atoms with Crippen molar-refractivity contribution in [2.24, 2.45) is 4.99 Å². The van der Waals surface area contributed by atoms with E-state index in [-0.39, 0.29) is 24.0 Å². The molecule has 0 aromatic carbocycles. The topological polar surface area (TPSA) is 49.3 Å². The number of piperidine rings is 1. The van der Waals surface area contributed by atoms with E-state index < -0.39 is 0 Å². The number of halogens is 1. The highest BCUT2D eigenvalue weighted by Crippen LogP contribution is 2.36. The minimum absolute atomic E-state index is 0. The van der Waals surface area contributed by atoms with Crippen LogP contribution in [0.25, 0.3) is 0 Å². The van der Waals surface area contributed by atoms with Gasteiger partial charge in [0.25, 0.3) is 0 Å². The second-order valence-electron chi connectivity index (χ2n) is 8.34. The molecule has 0 aromatic rings. The lowest BCUT2D eigenvalue weighted by atomic mass is 9.94. The van der Waals surface area contributed by atoms with Gasteiger partial charge in [0, 0.05) is 77.1 Å². The van der Waals surface area contributed by atoms with Crippen LogP contribution in [-0.2, 0) is 9.47 Å². The summed E-state index contributed by atoms with van der Waals surface area (Å²) in [6, 6.07) is 0. The van der Waals surface area contributed by atoms with Gasteiger partial charge in [-0.2, -0.15) is 11.8 Å². The largest absolute Gasteiger partial charge is 0.385 e. The Bertz CT molecular complexity index is 477. The minimum Gasteiger partial charge on any atom is -0.385 e. The van der Waals surface area contributed by atoms with E-state index in [1.165, 1.54) is 50.3 Å². The molecule has 0 unspecified atom stereocenters. The molecule has 0 atom stereocenters. The molecule has 6 nitrogen and oxygen atoms in total. The van der Waals surface area contributed by atoms with Gasteiger partial charge in [-0.05, 0) is 32.1 Å². The van der Waals surface area contributed by atoms with Gasteiger partial charge in [0.05, 0.1) is 6.10 Å². The molecule has 2 saturated heterocycles. The van der Waals surface area contributed by atoms with E-state index in [2.05, 4.69) is 31.9 Å². The van der Waals surface area contributed by atoms with Crippen molar-refractivity contribution in [1.29, 1.82) is 0 Å². The molecule has 1 N–H and O–H groups in total. The summed E-state index contributed by atoms with van der Waals surface area (Å²) in [6.45, 7) is 7.18. The number of methoxy groups -OCH3 is 1. The molecular formula is C21H41IN4O2S. The van der Waals surface area contributed by atoms with Crippen LogP contribution in [0.2, 0.25) is 0 Å². The zero-order chi connectivity index (χ0) is 19.7. The molecule has 3 aliphatic rings. The third kappa shape index (κ3) is 7.40. The highest BCUT2D eigenvalue weighted by molar-refractivity contribution is 14.0. The Morgan fingerprint density at radius 2 is 1.79 bits per heavy atom. The molecule has 3 fully saturated rings. The first-order chi connectivity index (χ1) is 13.8. The van der Waals surface area contributed by atoms with Crippen molar-refractivity contribution in [3.63, 3.8) is 0 Å². The second kappa shape index (κ2) is 13.6. The van der Waals surface area contributed by atoms with Crippen molar-refractivity contribution in [2.75, 3.05) is 71.6 Å². The lowest BCUT2D eigenvalue weighted by Crippen LogP contribution is -2.58. The Balaban J connectivity index is 0.00000300. The number of likely N-dealkylation sites (tertiary alicyclic amines) is 1. The third-order valence-corrected chi connectivity index (χ3v) is 7.53. The number of ether oxygens (including phenoxy) is 2. The van der Waals surface area contributed by atoms with Crippen molar-refractivity contribution in [2.45, 2.75) is 56.6 Å². The fourth-order valence-electron chi connectivity index (χ4n) is 4.94. The molecule has 8 heteroatoms. The number of thioether (sulfide) groups is 1. The van der Waals surface area contributed by atoms with Crippen LogP contribution in [0, 0.1) is 0 Å². The number of hydrogen-bond acceptors (Lipinski definition) is 5. The average molecular weight is 541 g/mol. The molecule has 170 valence electrons. The Labute approximate surface area is 198 Å². The van der Waals surface area contributed by atoms with Crippen LogP contribution in [0.15, 0.2) is 4.99 Å². The quantitative estimate of drug-likeness (QED) is 0.221. The summed E-state index contributed by atoms with van der Waals surface area (Å²) >= 11 is 2.10. The summed E-state index contributed by atoms with van der Waals surface area (Å²) in [5.41, 5.74) is 0.347.